The number of hydrogen-bond acceptors (Lipinski definition) is 3. The van der Waals surface area contributed by atoms with E-state index in [0.717, 1.165) is 0 Å². The van der Waals surface area contributed by atoms with E-state index < -0.39 is 0 Å². The summed E-state index contributed by atoms with van der Waals surface area (Å²) in [6, 6.07) is 0.170. The van der Waals surface area contributed by atoms with Crippen LogP contribution < -0.4 is 0 Å². The van der Waals surface area contributed by atoms with Gasteiger partial charge in [0.05, 0.1) is 13.2 Å². The van der Waals surface area contributed by atoms with Gasteiger partial charge in [0, 0.05) is 12.3 Å². The van der Waals surface area contributed by atoms with Gasteiger partial charge < -0.3 is 9.47 Å². The third kappa shape index (κ3) is 6.43. The Labute approximate surface area is 78.0 Å². The molecule has 4 heteroatoms. The highest BCUT2D eigenvalue weighted by atomic mass is 35.5. The van der Waals surface area contributed by atoms with Crippen molar-refractivity contribution in [3.8, 4) is 0 Å². The molecular weight excluding hydrogens is 180 g/mol. The van der Waals surface area contributed by atoms with Crippen LogP contribution in [0.1, 0.15) is 20.8 Å². The van der Waals surface area contributed by atoms with Crippen molar-refractivity contribution in [3.05, 3.63) is 0 Å². The number of ether oxygens (including phenoxy) is 2. The fourth-order valence-corrected chi connectivity index (χ4v) is 0.731. The second-order valence-electron chi connectivity index (χ2n) is 3.40. The maximum absolute atomic E-state index is 10.5. The number of esters is 1. The molecule has 0 N–H and O–H groups in total. The SMILES string of the molecule is CC(=O)OCC(C)(C)COCCl. The van der Waals surface area contributed by atoms with E-state index in [1.54, 1.807) is 0 Å². The van der Waals surface area contributed by atoms with Gasteiger partial charge in [-0.2, -0.15) is 0 Å². The molecule has 0 rings (SSSR count). The first-order valence-corrected chi connectivity index (χ1v) is 4.28. The van der Waals surface area contributed by atoms with Crippen LogP contribution in [0.25, 0.3) is 0 Å². The predicted octanol–water partition coefficient (Wildman–Crippen LogP) is 1.79. The van der Waals surface area contributed by atoms with Crippen LogP contribution in [0.15, 0.2) is 0 Å². The van der Waals surface area contributed by atoms with E-state index in [0.29, 0.717) is 13.2 Å². The molecule has 3 nitrogen and oxygen atoms in total. The van der Waals surface area contributed by atoms with E-state index in [1.807, 2.05) is 13.8 Å². The smallest absolute Gasteiger partial charge is 0.302 e. The minimum Gasteiger partial charge on any atom is -0.465 e. The minimum atomic E-state index is -0.269. The number of halogens is 1. The van der Waals surface area contributed by atoms with Gasteiger partial charge in [0.2, 0.25) is 0 Å². The maximum atomic E-state index is 10.5. The molecule has 0 unspecified atom stereocenters. The Balaban J connectivity index is 3.63. The molecule has 0 aromatic rings. The summed E-state index contributed by atoms with van der Waals surface area (Å²) in [6.45, 7) is 6.13. The Morgan fingerprint density at radius 3 is 2.42 bits per heavy atom. The number of hydrogen-bond donors (Lipinski definition) is 0. The third-order valence-electron chi connectivity index (χ3n) is 1.24. The standard InChI is InChI=1S/C8H15ClO3/c1-7(10)12-5-8(2,3)4-11-6-9/h4-6H2,1-3H3. The summed E-state index contributed by atoms with van der Waals surface area (Å²) in [7, 11) is 0. The van der Waals surface area contributed by atoms with Gasteiger partial charge in [-0.15, -0.1) is 0 Å². The van der Waals surface area contributed by atoms with Crippen molar-refractivity contribution in [1.82, 2.24) is 0 Å². The van der Waals surface area contributed by atoms with E-state index in [4.69, 9.17) is 21.1 Å². The van der Waals surface area contributed by atoms with Crippen molar-refractivity contribution in [2.45, 2.75) is 20.8 Å². The number of carbonyl (C=O) groups excluding carboxylic acids is 1. The lowest BCUT2D eigenvalue weighted by molar-refractivity contribution is -0.145. The van der Waals surface area contributed by atoms with Crippen LogP contribution in [-0.2, 0) is 14.3 Å². The highest BCUT2D eigenvalue weighted by Gasteiger charge is 2.19. The molecule has 0 saturated carbocycles. The second kappa shape index (κ2) is 5.38. The van der Waals surface area contributed by atoms with Gasteiger partial charge >= 0.3 is 5.97 Å². The molecule has 0 aromatic carbocycles. The first-order valence-electron chi connectivity index (χ1n) is 3.75. The summed E-state index contributed by atoms with van der Waals surface area (Å²) >= 11 is 5.34. The van der Waals surface area contributed by atoms with Crippen molar-refractivity contribution in [2.75, 3.05) is 19.3 Å². The molecule has 0 aliphatic heterocycles. The average Bonchev–Trinajstić information content (AvgIpc) is 1.98. The van der Waals surface area contributed by atoms with Crippen LogP contribution in [0.2, 0.25) is 0 Å². The fraction of sp³-hybridized carbons (Fsp3) is 0.875. The highest BCUT2D eigenvalue weighted by molar-refractivity contribution is 6.17. The Kier molecular flexibility index (Phi) is 5.25. The number of carbonyl (C=O) groups is 1. The lowest BCUT2D eigenvalue weighted by atomic mass is 9.96. The summed E-state index contributed by atoms with van der Waals surface area (Å²) in [5.74, 6) is -0.269. The average molecular weight is 195 g/mol. The van der Waals surface area contributed by atoms with E-state index in [2.05, 4.69) is 0 Å². The number of rotatable bonds is 5. The normalized spacial score (nSPS) is 11.3. The van der Waals surface area contributed by atoms with Crippen LogP contribution in [0, 0.1) is 5.41 Å². The molecule has 0 heterocycles. The first kappa shape index (κ1) is 11.7. The Morgan fingerprint density at radius 2 is 2.00 bits per heavy atom. The Bertz CT molecular complexity index is 145. The second-order valence-corrected chi connectivity index (χ2v) is 3.62. The van der Waals surface area contributed by atoms with E-state index in [9.17, 15) is 4.79 Å². The van der Waals surface area contributed by atoms with Crippen LogP contribution >= 0.6 is 11.6 Å². The van der Waals surface area contributed by atoms with Gasteiger partial charge in [-0.1, -0.05) is 25.4 Å². The third-order valence-corrected chi connectivity index (χ3v) is 1.39. The lowest BCUT2D eigenvalue weighted by Gasteiger charge is -2.22. The summed E-state index contributed by atoms with van der Waals surface area (Å²) < 4.78 is 9.85. The molecule has 0 aliphatic rings. The van der Waals surface area contributed by atoms with Gasteiger partial charge in [0.25, 0.3) is 0 Å². The van der Waals surface area contributed by atoms with Crippen LogP contribution in [0.5, 0.6) is 0 Å². The molecule has 0 aliphatic carbocycles. The summed E-state index contributed by atoms with van der Waals surface area (Å²) in [6.07, 6.45) is 0. The molecule has 0 radical (unpaired) electrons. The zero-order chi connectivity index (χ0) is 9.61. The Hall–Kier alpha value is -0.280. The van der Waals surface area contributed by atoms with Crippen molar-refractivity contribution in [1.29, 1.82) is 0 Å². The lowest BCUT2D eigenvalue weighted by Crippen LogP contribution is -2.26. The Morgan fingerprint density at radius 1 is 1.42 bits per heavy atom. The van der Waals surface area contributed by atoms with Crippen LogP contribution in [-0.4, -0.2) is 25.2 Å². The molecule has 0 spiro atoms. The van der Waals surface area contributed by atoms with E-state index in [1.165, 1.54) is 6.92 Å². The van der Waals surface area contributed by atoms with Crippen molar-refractivity contribution in [2.24, 2.45) is 5.41 Å². The molecule has 72 valence electrons. The molecule has 12 heavy (non-hydrogen) atoms. The minimum absolute atomic E-state index is 0.166. The molecule has 0 saturated heterocycles. The maximum Gasteiger partial charge on any atom is 0.302 e. The van der Waals surface area contributed by atoms with Crippen molar-refractivity contribution < 1.29 is 14.3 Å². The number of alkyl halides is 1. The zero-order valence-corrected chi connectivity index (χ0v) is 8.48. The van der Waals surface area contributed by atoms with Gasteiger partial charge in [0.1, 0.15) is 6.07 Å². The molecule has 0 aromatic heterocycles. The van der Waals surface area contributed by atoms with Crippen LogP contribution in [0.3, 0.4) is 0 Å². The fourth-order valence-electron chi connectivity index (χ4n) is 0.654. The zero-order valence-electron chi connectivity index (χ0n) is 7.72. The van der Waals surface area contributed by atoms with Crippen molar-refractivity contribution in [3.63, 3.8) is 0 Å². The topological polar surface area (TPSA) is 35.5 Å². The van der Waals surface area contributed by atoms with Crippen molar-refractivity contribution >= 4 is 17.6 Å². The predicted molar refractivity (Wildman–Crippen MR) is 47.1 cm³/mol. The molecule has 0 bridgehead atoms. The van der Waals surface area contributed by atoms with E-state index in [-0.39, 0.29) is 17.5 Å². The van der Waals surface area contributed by atoms with Gasteiger partial charge in [-0.05, 0) is 0 Å². The van der Waals surface area contributed by atoms with Gasteiger partial charge in [-0.25, -0.2) is 0 Å². The quantitative estimate of drug-likeness (QED) is 0.495. The monoisotopic (exact) mass is 194 g/mol. The molecule has 0 atom stereocenters. The van der Waals surface area contributed by atoms with Crippen LogP contribution in [0.4, 0.5) is 0 Å². The van der Waals surface area contributed by atoms with Gasteiger partial charge in [0.15, 0.2) is 0 Å². The summed E-state index contributed by atoms with van der Waals surface area (Å²) in [5, 5.41) is 0. The first-order chi connectivity index (χ1) is 5.48. The highest BCUT2D eigenvalue weighted by Crippen LogP contribution is 2.15. The largest absolute Gasteiger partial charge is 0.465 e. The molecule has 0 fully saturated rings. The van der Waals surface area contributed by atoms with Gasteiger partial charge in [-0.3, -0.25) is 4.79 Å². The summed E-state index contributed by atoms with van der Waals surface area (Å²) in [4.78, 5) is 10.5. The van der Waals surface area contributed by atoms with E-state index >= 15 is 0 Å². The molecular formula is C8H15ClO3. The summed E-state index contributed by atoms with van der Waals surface area (Å²) in [5.41, 5.74) is -0.166. The molecule has 0 amide bonds.